The average molecular weight is 392 g/mol. The molecule has 0 radical (unpaired) electrons. The maximum atomic E-state index is 13.5. The molecule has 7 nitrogen and oxygen atoms in total. The van der Waals surface area contributed by atoms with Gasteiger partial charge in [0.2, 0.25) is 0 Å². The van der Waals surface area contributed by atoms with Crippen LogP contribution in [0.1, 0.15) is 32.6 Å². The number of ether oxygens (including phenoxy) is 3. The second-order valence-electron chi connectivity index (χ2n) is 9.32. The molecule has 0 aromatic heterocycles. The molecule has 2 aliphatic heterocycles. The standard InChI is InChI=1S/C21H28O7/c1-19-4-3-11(7-22)14(10-26-2)15(19)6-16-20(27-16)18(25)13(12(8-23)9-24)5-17-21(19,20)28-17/h7,12-13,15-17,23-24H,3-6,8-10H2,1-2H3. The van der Waals surface area contributed by atoms with Crippen LogP contribution in [0.25, 0.3) is 0 Å². The van der Waals surface area contributed by atoms with Crippen LogP contribution in [0.3, 0.4) is 0 Å². The second kappa shape index (κ2) is 5.95. The van der Waals surface area contributed by atoms with Crippen LogP contribution >= 0.6 is 0 Å². The van der Waals surface area contributed by atoms with E-state index in [2.05, 4.69) is 6.92 Å². The molecule has 7 unspecified atom stereocenters. The number of ketones is 1. The zero-order valence-electron chi connectivity index (χ0n) is 16.3. The maximum absolute atomic E-state index is 13.5. The van der Waals surface area contributed by atoms with Gasteiger partial charge in [-0.15, -0.1) is 0 Å². The third-order valence-electron chi connectivity index (χ3n) is 8.47. The van der Waals surface area contributed by atoms with E-state index in [-0.39, 0.29) is 42.5 Å². The maximum Gasteiger partial charge on any atom is 0.185 e. The molecule has 7 heteroatoms. The van der Waals surface area contributed by atoms with Crippen molar-refractivity contribution in [2.45, 2.75) is 56.0 Å². The Labute approximate surface area is 164 Å². The Bertz CT molecular complexity index is 758. The van der Waals surface area contributed by atoms with Crippen LogP contribution < -0.4 is 0 Å². The molecule has 3 aliphatic carbocycles. The first-order valence-electron chi connectivity index (χ1n) is 10.2. The van der Waals surface area contributed by atoms with Crippen molar-refractivity contribution in [3.8, 4) is 0 Å². The van der Waals surface area contributed by atoms with Crippen molar-refractivity contribution in [1.29, 1.82) is 0 Å². The average Bonchev–Trinajstić information content (AvgIpc) is 3.58. The largest absolute Gasteiger partial charge is 0.396 e. The van der Waals surface area contributed by atoms with E-state index in [0.717, 1.165) is 23.9 Å². The fourth-order valence-corrected chi connectivity index (χ4v) is 7.00. The van der Waals surface area contributed by atoms with Gasteiger partial charge < -0.3 is 24.4 Å². The fourth-order valence-electron chi connectivity index (χ4n) is 7.00. The molecule has 2 spiro atoms. The van der Waals surface area contributed by atoms with E-state index in [1.54, 1.807) is 7.11 Å². The summed E-state index contributed by atoms with van der Waals surface area (Å²) in [5.74, 6) is -0.847. The van der Waals surface area contributed by atoms with Gasteiger partial charge in [-0.3, -0.25) is 9.59 Å². The van der Waals surface area contributed by atoms with Gasteiger partial charge >= 0.3 is 0 Å². The lowest BCUT2D eigenvalue weighted by Crippen LogP contribution is -2.65. The van der Waals surface area contributed by atoms with Gasteiger partial charge in [0.05, 0.1) is 18.8 Å². The van der Waals surface area contributed by atoms with Crippen LogP contribution in [0, 0.1) is 23.2 Å². The SMILES string of the molecule is COCC1=C(C=O)CCC2(C)C1CC1OC13C(=O)C(C(CO)CO)CC1OC123. The molecule has 2 saturated heterocycles. The molecule has 0 aromatic carbocycles. The number of rotatable bonds is 6. The number of hydrogen-bond acceptors (Lipinski definition) is 7. The number of methoxy groups -OCH3 is 1. The smallest absolute Gasteiger partial charge is 0.185 e. The van der Waals surface area contributed by atoms with E-state index >= 15 is 0 Å². The predicted octanol–water partition coefficient (Wildman–Crippen LogP) is 0.413. The summed E-state index contributed by atoms with van der Waals surface area (Å²) in [6.45, 7) is 2.13. The number of carbonyl (C=O) groups is 2. The summed E-state index contributed by atoms with van der Waals surface area (Å²) in [4.78, 5) is 25.2. The van der Waals surface area contributed by atoms with Crippen molar-refractivity contribution in [3.63, 3.8) is 0 Å². The van der Waals surface area contributed by atoms with E-state index in [4.69, 9.17) is 14.2 Å². The highest BCUT2D eigenvalue weighted by atomic mass is 16.7. The van der Waals surface area contributed by atoms with E-state index in [1.807, 2.05) is 0 Å². The third kappa shape index (κ3) is 1.92. The summed E-state index contributed by atoms with van der Waals surface area (Å²) in [6.07, 6.45) is 3.20. The zero-order chi connectivity index (χ0) is 19.9. The number of fused-ring (bicyclic) bond motifs is 1. The molecule has 154 valence electrons. The van der Waals surface area contributed by atoms with E-state index in [1.165, 1.54) is 0 Å². The Morgan fingerprint density at radius 1 is 1.25 bits per heavy atom. The second-order valence-corrected chi connectivity index (χ2v) is 9.32. The minimum Gasteiger partial charge on any atom is -0.396 e. The number of aliphatic hydroxyl groups is 2. The van der Waals surface area contributed by atoms with Gasteiger partial charge in [-0.25, -0.2) is 0 Å². The molecule has 0 amide bonds. The first kappa shape index (κ1) is 18.9. The molecule has 5 rings (SSSR count). The molecule has 28 heavy (non-hydrogen) atoms. The number of epoxide rings is 2. The zero-order valence-corrected chi connectivity index (χ0v) is 16.3. The van der Waals surface area contributed by atoms with Gasteiger partial charge in [-0.2, -0.15) is 0 Å². The van der Waals surface area contributed by atoms with Gasteiger partial charge in [0, 0.05) is 37.6 Å². The van der Waals surface area contributed by atoms with Crippen molar-refractivity contribution in [2.75, 3.05) is 26.9 Å². The topological polar surface area (TPSA) is 109 Å². The number of allylic oxidation sites excluding steroid dienone is 1. The lowest BCUT2D eigenvalue weighted by Gasteiger charge is -2.53. The Morgan fingerprint density at radius 2 is 2.00 bits per heavy atom. The van der Waals surface area contributed by atoms with Gasteiger partial charge in [0.1, 0.15) is 11.9 Å². The third-order valence-corrected chi connectivity index (χ3v) is 8.47. The van der Waals surface area contributed by atoms with E-state index in [9.17, 15) is 19.8 Å². The van der Waals surface area contributed by atoms with Gasteiger partial charge in [-0.05, 0) is 42.7 Å². The van der Waals surface area contributed by atoms with Gasteiger partial charge in [0.15, 0.2) is 11.4 Å². The summed E-state index contributed by atoms with van der Waals surface area (Å²) in [7, 11) is 1.63. The van der Waals surface area contributed by atoms with Crippen molar-refractivity contribution in [1.82, 2.24) is 0 Å². The Balaban J connectivity index is 1.56. The number of carbonyl (C=O) groups excluding carboxylic acids is 2. The minimum absolute atomic E-state index is 0.0162. The fraction of sp³-hybridized carbons (Fsp3) is 0.810. The monoisotopic (exact) mass is 392 g/mol. The van der Waals surface area contributed by atoms with Crippen LogP contribution in [-0.2, 0) is 23.8 Å². The number of aliphatic hydroxyl groups excluding tert-OH is 2. The molecule has 2 N–H and O–H groups in total. The molecule has 2 heterocycles. The molecular weight excluding hydrogens is 364 g/mol. The summed E-state index contributed by atoms with van der Waals surface area (Å²) in [6, 6.07) is 0. The number of aldehydes is 1. The molecule has 5 aliphatic rings. The van der Waals surface area contributed by atoms with Crippen molar-refractivity contribution in [3.05, 3.63) is 11.1 Å². The van der Waals surface area contributed by atoms with Crippen LogP contribution in [0.2, 0.25) is 0 Å². The first-order valence-corrected chi connectivity index (χ1v) is 10.2. The summed E-state index contributed by atoms with van der Waals surface area (Å²) in [5, 5.41) is 19.3. The molecule has 0 aromatic rings. The highest BCUT2D eigenvalue weighted by molar-refractivity contribution is 5.97. The van der Waals surface area contributed by atoms with E-state index in [0.29, 0.717) is 25.9 Å². The van der Waals surface area contributed by atoms with E-state index < -0.39 is 23.0 Å². The highest BCUT2D eigenvalue weighted by Crippen LogP contribution is 2.78. The number of Topliss-reactive ketones (excluding diaryl/α,β-unsaturated/α-hetero) is 1. The number of hydrogen-bond donors (Lipinski definition) is 2. The minimum atomic E-state index is -0.953. The quantitative estimate of drug-likeness (QED) is 0.498. The molecule has 0 bridgehead atoms. The molecule has 2 saturated carbocycles. The lowest BCUT2D eigenvalue weighted by molar-refractivity contribution is -0.141. The summed E-state index contributed by atoms with van der Waals surface area (Å²) >= 11 is 0. The summed E-state index contributed by atoms with van der Waals surface area (Å²) in [5.41, 5.74) is -0.0848. The van der Waals surface area contributed by atoms with Crippen molar-refractivity contribution < 1.29 is 34.0 Å². The Morgan fingerprint density at radius 3 is 2.64 bits per heavy atom. The van der Waals surface area contributed by atoms with Crippen molar-refractivity contribution >= 4 is 12.1 Å². The Kier molecular flexibility index (Phi) is 4.01. The Hall–Kier alpha value is -1.12. The molecular formula is C21H28O7. The van der Waals surface area contributed by atoms with Crippen LogP contribution in [-0.4, -0.2) is 72.6 Å². The van der Waals surface area contributed by atoms with Crippen molar-refractivity contribution in [2.24, 2.45) is 23.2 Å². The molecule has 7 atom stereocenters. The highest BCUT2D eigenvalue weighted by Gasteiger charge is 2.93. The van der Waals surface area contributed by atoms with Crippen LogP contribution in [0.5, 0.6) is 0 Å². The van der Waals surface area contributed by atoms with Gasteiger partial charge in [-0.1, -0.05) is 6.92 Å². The lowest BCUT2D eigenvalue weighted by atomic mass is 9.47. The summed E-state index contributed by atoms with van der Waals surface area (Å²) < 4.78 is 17.9. The predicted molar refractivity (Wildman–Crippen MR) is 96.4 cm³/mol. The van der Waals surface area contributed by atoms with Crippen LogP contribution in [0.15, 0.2) is 11.1 Å². The normalized spacial score (nSPS) is 48.5. The van der Waals surface area contributed by atoms with Crippen LogP contribution in [0.4, 0.5) is 0 Å². The van der Waals surface area contributed by atoms with Gasteiger partial charge in [0.25, 0.3) is 0 Å². The first-order chi connectivity index (χ1) is 13.4. The molecule has 4 fully saturated rings.